The van der Waals surface area contributed by atoms with E-state index in [1.165, 1.54) is 27.8 Å². The van der Waals surface area contributed by atoms with Crippen LogP contribution in [0, 0.1) is 0 Å². The third kappa shape index (κ3) is 4.42. The maximum Gasteiger partial charge on any atom is 0.174 e. The summed E-state index contributed by atoms with van der Waals surface area (Å²) in [7, 11) is 3.40. The maximum atomic E-state index is 7.57. The lowest BCUT2D eigenvalue weighted by Gasteiger charge is -2.41. The largest absolute Gasteiger partial charge is 0.493 e. The molecule has 3 aliphatic rings. The highest BCUT2D eigenvalue weighted by molar-refractivity contribution is 6.09. The van der Waals surface area contributed by atoms with Gasteiger partial charge in [0.15, 0.2) is 17.1 Å². The zero-order valence-corrected chi connectivity index (χ0v) is 28.0. The second-order valence-electron chi connectivity index (χ2n) is 12.8. The summed E-state index contributed by atoms with van der Waals surface area (Å²) in [5.41, 5.74) is 7.77. The molecule has 0 amide bonds. The number of allylic oxidation sites excluding steroid dienone is 3. The van der Waals surface area contributed by atoms with Crippen LogP contribution in [0.25, 0.3) is 28.0 Å². The van der Waals surface area contributed by atoms with Gasteiger partial charge >= 0.3 is 0 Å². The minimum Gasteiger partial charge on any atom is -0.493 e. The Morgan fingerprint density at radius 2 is 1.46 bits per heavy atom. The molecule has 5 aromatic carbocycles. The molecule has 1 unspecified atom stereocenters. The normalized spacial score (nSPS) is 18.4. The number of benzene rings is 5. The number of hydrogen-bond acceptors (Lipinski definition) is 4. The number of para-hydroxylation sites is 1. The Kier molecular flexibility index (Phi) is 7.40. The summed E-state index contributed by atoms with van der Waals surface area (Å²) in [6, 6.07) is 31.4. The Hall–Kier alpha value is -5.22. The third-order valence-electron chi connectivity index (χ3n) is 10.7. The number of ether oxygens (including phenoxy) is 4. The highest BCUT2D eigenvalue weighted by Crippen LogP contribution is 2.61. The number of methoxy groups -OCH3 is 2. The fourth-order valence-electron chi connectivity index (χ4n) is 8.30. The van der Waals surface area contributed by atoms with E-state index in [1.54, 1.807) is 14.2 Å². The molecule has 1 aliphatic heterocycles. The van der Waals surface area contributed by atoms with E-state index in [0.717, 1.165) is 64.8 Å². The van der Waals surface area contributed by atoms with E-state index < -0.39 is 5.60 Å². The van der Waals surface area contributed by atoms with Gasteiger partial charge in [0, 0.05) is 21.9 Å². The van der Waals surface area contributed by atoms with E-state index in [9.17, 15) is 0 Å². The van der Waals surface area contributed by atoms with Crippen LogP contribution in [0.5, 0.6) is 28.7 Å². The molecule has 8 rings (SSSR count). The van der Waals surface area contributed by atoms with E-state index in [2.05, 4.69) is 92.8 Å². The number of hydrogen-bond donors (Lipinski definition) is 0. The molecular weight excluding hydrogens is 592 g/mol. The smallest absolute Gasteiger partial charge is 0.174 e. The highest BCUT2D eigenvalue weighted by atomic mass is 16.5. The van der Waals surface area contributed by atoms with Crippen LogP contribution in [0.15, 0.2) is 121 Å². The number of fused-ring (bicyclic) bond motifs is 8. The molecule has 0 fully saturated rings. The molecule has 1 heterocycles. The minimum atomic E-state index is -0.802. The van der Waals surface area contributed by atoms with E-state index in [1.807, 2.05) is 42.5 Å². The van der Waals surface area contributed by atoms with Crippen molar-refractivity contribution in [2.24, 2.45) is 0 Å². The average Bonchev–Trinajstić information content (AvgIpc) is 3.46. The number of rotatable bonds is 8. The van der Waals surface area contributed by atoms with Crippen molar-refractivity contribution in [3.63, 3.8) is 0 Å². The summed E-state index contributed by atoms with van der Waals surface area (Å²) < 4.78 is 25.5. The molecule has 240 valence electrons. The summed E-state index contributed by atoms with van der Waals surface area (Å²) in [6.45, 7) is 4.63. The van der Waals surface area contributed by atoms with E-state index in [0.29, 0.717) is 11.5 Å². The lowest BCUT2D eigenvalue weighted by atomic mass is 9.71. The van der Waals surface area contributed by atoms with Gasteiger partial charge < -0.3 is 18.9 Å². The lowest BCUT2D eigenvalue weighted by molar-refractivity contribution is 0.154. The Morgan fingerprint density at radius 3 is 2.15 bits per heavy atom. The van der Waals surface area contributed by atoms with E-state index in [-0.39, 0.29) is 5.41 Å². The summed E-state index contributed by atoms with van der Waals surface area (Å²) in [5.74, 6) is 3.87. The molecule has 0 aromatic heterocycles. The zero-order valence-electron chi connectivity index (χ0n) is 28.0. The van der Waals surface area contributed by atoms with Crippen molar-refractivity contribution in [1.29, 1.82) is 0 Å². The van der Waals surface area contributed by atoms with Crippen molar-refractivity contribution >= 4 is 16.8 Å². The standard InChI is InChI=1S/C44H40O4/c1-5-43(6-2)37-20-14-13-19-33(37)40-35-27-38(45-3)39(46-4)28-36(35)42-34(41(40)43)25-26-44(48-42,29-15-9-7-10-16-29)30-21-23-32(24-22-30)47-31-17-11-8-12-18-31/h7-9,11-15,17-28H,5-6,10,16H2,1-4H3. The quantitative estimate of drug-likeness (QED) is 0.171. The van der Waals surface area contributed by atoms with Crippen LogP contribution in [-0.4, -0.2) is 14.2 Å². The molecule has 0 saturated carbocycles. The molecular formula is C44H40O4. The van der Waals surface area contributed by atoms with Gasteiger partial charge in [0.1, 0.15) is 17.2 Å². The predicted octanol–water partition coefficient (Wildman–Crippen LogP) is 11.3. The van der Waals surface area contributed by atoms with Crippen LogP contribution in [0.2, 0.25) is 0 Å². The maximum absolute atomic E-state index is 7.57. The molecule has 0 N–H and O–H groups in total. The molecule has 0 saturated heterocycles. The average molecular weight is 633 g/mol. The van der Waals surface area contributed by atoms with Gasteiger partial charge in [-0.3, -0.25) is 0 Å². The van der Waals surface area contributed by atoms with E-state index in [4.69, 9.17) is 18.9 Å². The van der Waals surface area contributed by atoms with Crippen molar-refractivity contribution in [1.82, 2.24) is 0 Å². The zero-order chi connectivity index (χ0) is 32.9. The fourth-order valence-corrected chi connectivity index (χ4v) is 8.30. The van der Waals surface area contributed by atoms with Crippen molar-refractivity contribution in [2.45, 2.75) is 50.5 Å². The first-order chi connectivity index (χ1) is 23.6. The Bertz CT molecular complexity index is 2120. The predicted molar refractivity (Wildman–Crippen MR) is 195 cm³/mol. The summed E-state index contributed by atoms with van der Waals surface area (Å²) in [5, 5.41) is 2.13. The van der Waals surface area contributed by atoms with Crippen LogP contribution >= 0.6 is 0 Å². The molecule has 0 spiro atoms. The third-order valence-corrected chi connectivity index (χ3v) is 10.7. The summed E-state index contributed by atoms with van der Waals surface area (Å²) in [4.78, 5) is 0. The molecule has 1 atom stereocenters. The Labute approximate surface area is 282 Å². The second-order valence-corrected chi connectivity index (χ2v) is 12.8. The van der Waals surface area contributed by atoms with Gasteiger partial charge in [0.05, 0.1) is 14.2 Å². The molecule has 0 bridgehead atoms. The van der Waals surface area contributed by atoms with E-state index >= 15 is 0 Å². The van der Waals surface area contributed by atoms with Crippen molar-refractivity contribution in [3.05, 3.63) is 143 Å². The topological polar surface area (TPSA) is 36.9 Å². The first-order valence-electron chi connectivity index (χ1n) is 17.0. The molecule has 0 radical (unpaired) electrons. The van der Waals surface area contributed by atoms with Gasteiger partial charge in [0.2, 0.25) is 0 Å². The van der Waals surface area contributed by atoms with Crippen molar-refractivity contribution in [3.8, 4) is 39.9 Å². The highest BCUT2D eigenvalue weighted by Gasteiger charge is 2.47. The minimum absolute atomic E-state index is 0.145. The van der Waals surface area contributed by atoms with Gasteiger partial charge in [-0.2, -0.15) is 0 Å². The van der Waals surface area contributed by atoms with Gasteiger partial charge in [-0.25, -0.2) is 0 Å². The summed E-state index contributed by atoms with van der Waals surface area (Å²) >= 11 is 0. The van der Waals surface area contributed by atoms with Crippen molar-refractivity contribution < 1.29 is 18.9 Å². The Balaban J connectivity index is 1.38. The van der Waals surface area contributed by atoms with Crippen LogP contribution in [0.1, 0.15) is 61.8 Å². The molecule has 4 nitrogen and oxygen atoms in total. The van der Waals surface area contributed by atoms with Crippen LogP contribution in [0.3, 0.4) is 0 Å². The van der Waals surface area contributed by atoms with Crippen LogP contribution < -0.4 is 18.9 Å². The van der Waals surface area contributed by atoms with Gasteiger partial charge in [-0.05, 0) is 101 Å². The first-order valence-corrected chi connectivity index (χ1v) is 17.0. The molecule has 48 heavy (non-hydrogen) atoms. The van der Waals surface area contributed by atoms with Crippen LogP contribution in [0.4, 0.5) is 0 Å². The Morgan fingerprint density at radius 1 is 0.771 bits per heavy atom. The molecule has 2 aliphatic carbocycles. The summed E-state index contributed by atoms with van der Waals surface area (Å²) in [6.07, 6.45) is 15.1. The van der Waals surface area contributed by atoms with Crippen molar-refractivity contribution in [2.75, 3.05) is 14.2 Å². The van der Waals surface area contributed by atoms with Gasteiger partial charge in [-0.15, -0.1) is 0 Å². The van der Waals surface area contributed by atoms with Gasteiger partial charge in [-0.1, -0.05) is 92.7 Å². The first kappa shape index (κ1) is 30.1. The lowest BCUT2D eigenvalue weighted by Crippen LogP contribution is -2.36. The monoisotopic (exact) mass is 632 g/mol. The SMILES string of the molecule is CCC1(CC)c2ccccc2-c2c1c1c(c3cc(OC)c(OC)cc23)OC(C2=CC=CCC2)(c2ccc(Oc3ccccc3)cc2)C=C1. The van der Waals surface area contributed by atoms with Gasteiger partial charge in [0.25, 0.3) is 0 Å². The fraction of sp³-hybridized carbons (Fsp3) is 0.227. The second kappa shape index (κ2) is 11.8. The van der Waals surface area contributed by atoms with Crippen LogP contribution in [-0.2, 0) is 11.0 Å². The molecule has 5 aromatic rings. The molecule has 4 heteroatoms.